The van der Waals surface area contributed by atoms with Crippen molar-refractivity contribution in [1.29, 1.82) is 0 Å². The molecule has 0 heterocycles. The third kappa shape index (κ3) is 12.5. The summed E-state index contributed by atoms with van der Waals surface area (Å²) in [6.45, 7) is 5.04. The van der Waals surface area contributed by atoms with Crippen LogP contribution in [0.15, 0.2) is 60.7 Å². The first-order chi connectivity index (χ1) is 15.0. The molecule has 5 heteroatoms. The predicted molar refractivity (Wildman–Crippen MR) is 129 cm³/mol. The van der Waals surface area contributed by atoms with Crippen LogP contribution in [0.3, 0.4) is 0 Å². The van der Waals surface area contributed by atoms with Crippen molar-refractivity contribution >= 4 is 23.2 Å². The number of hydrogen-bond donors (Lipinski definition) is 0. The Bertz CT molecular complexity index is 620. The Hall–Kier alpha value is -1.10. The van der Waals surface area contributed by atoms with Crippen molar-refractivity contribution in [3.8, 4) is 0 Å². The number of benzene rings is 2. The predicted octanol–water partition coefficient (Wildman–Crippen LogP) is 7.68. The van der Waals surface area contributed by atoms with Gasteiger partial charge in [0.2, 0.25) is 0 Å². The molecule has 4 atom stereocenters. The molecule has 0 aliphatic heterocycles. The third-order valence-electron chi connectivity index (χ3n) is 4.94. The minimum Gasteiger partial charge on any atom is -0.348 e. The van der Waals surface area contributed by atoms with Crippen LogP contribution in [-0.4, -0.2) is 23.3 Å². The van der Waals surface area contributed by atoms with Gasteiger partial charge in [0.15, 0.2) is 12.6 Å². The average Bonchev–Trinajstić information content (AvgIpc) is 2.76. The maximum Gasteiger partial charge on any atom is 0.161 e. The number of hydrogen-bond acceptors (Lipinski definition) is 3. The molecule has 0 amide bonds. The van der Waals surface area contributed by atoms with Crippen molar-refractivity contribution < 1.29 is 14.2 Å². The number of ether oxygens (including phenoxy) is 3. The van der Waals surface area contributed by atoms with Crippen LogP contribution in [0.25, 0.3) is 0 Å². The van der Waals surface area contributed by atoms with Gasteiger partial charge in [0.05, 0.1) is 13.2 Å². The molecule has 2 aromatic rings. The first kappa shape index (κ1) is 26.2. The zero-order valence-corrected chi connectivity index (χ0v) is 20.2. The topological polar surface area (TPSA) is 27.7 Å². The molecule has 0 radical (unpaired) electrons. The second-order valence-electron chi connectivity index (χ2n) is 8.01. The highest BCUT2D eigenvalue weighted by Crippen LogP contribution is 2.20. The molecule has 0 N–H and O–H groups in total. The third-order valence-corrected chi connectivity index (χ3v) is 5.38. The van der Waals surface area contributed by atoms with E-state index in [2.05, 4.69) is 24.3 Å². The van der Waals surface area contributed by atoms with Crippen LogP contribution in [0.2, 0.25) is 0 Å². The molecule has 4 unspecified atom stereocenters. The van der Waals surface area contributed by atoms with E-state index in [1.165, 1.54) is 0 Å². The van der Waals surface area contributed by atoms with Gasteiger partial charge in [-0.1, -0.05) is 60.7 Å². The lowest BCUT2D eigenvalue weighted by Gasteiger charge is -2.26. The summed E-state index contributed by atoms with van der Waals surface area (Å²) in [6, 6.07) is 20.3. The molecule has 2 rings (SSSR count). The molecule has 2 aromatic carbocycles. The summed E-state index contributed by atoms with van der Waals surface area (Å²) in [4.78, 5) is 0. The van der Waals surface area contributed by atoms with E-state index in [9.17, 15) is 0 Å². The zero-order chi connectivity index (χ0) is 22.3. The summed E-state index contributed by atoms with van der Waals surface area (Å²) in [5, 5.41) is 0.287. The van der Waals surface area contributed by atoms with Crippen molar-refractivity contribution in [3.05, 3.63) is 71.8 Å². The van der Waals surface area contributed by atoms with Gasteiger partial charge < -0.3 is 14.2 Å². The number of alkyl halides is 2. The molecule has 0 aromatic heterocycles. The van der Waals surface area contributed by atoms with E-state index in [0.717, 1.165) is 49.7 Å². The van der Waals surface area contributed by atoms with E-state index < -0.39 is 0 Å². The normalized spacial score (nSPS) is 15.4. The van der Waals surface area contributed by atoms with Gasteiger partial charge in [-0.15, -0.1) is 23.2 Å². The molecule has 3 nitrogen and oxygen atoms in total. The molecule has 172 valence electrons. The van der Waals surface area contributed by atoms with Gasteiger partial charge in [-0.05, 0) is 63.5 Å². The van der Waals surface area contributed by atoms with E-state index in [1.54, 1.807) is 0 Å². The van der Waals surface area contributed by atoms with Gasteiger partial charge in [0, 0.05) is 10.8 Å². The molecule has 0 aliphatic rings. The summed E-state index contributed by atoms with van der Waals surface area (Å²) in [5.74, 6) is 0. The molecule has 0 saturated carbocycles. The van der Waals surface area contributed by atoms with Gasteiger partial charge in [0.25, 0.3) is 0 Å². The Labute approximate surface area is 198 Å². The van der Waals surface area contributed by atoms with Gasteiger partial charge in [0.1, 0.15) is 0 Å². The average molecular weight is 467 g/mol. The van der Waals surface area contributed by atoms with E-state index in [1.807, 2.05) is 50.2 Å². The molecule has 0 bridgehead atoms. The van der Waals surface area contributed by atoms with Crippen LogP contribution in [-0.2, 0) is 27.4 Å². The van der Waals surface area contributed by atoms with Crippen LogP contribution >= 0.6 is 23.2 Å². The second kappa shape index (κ2) is 15.7. The Balaban J connectivity index is 1.96. The monoisotopic (exact) mass is 466 g/mol. The van der Waals surface area contributed by atoms with Crippen LogP contribution in [0.4, 0.5) is 0 Å². The largest absolute Gasteiger partial charge is 0.348 e. The SMILES string of the molecule is CC(Cl)CCCC(OCc1ccccc1)OC(CCCC(C)Cl)OCc1ccccc1. The highest BCUT2D eigenvalue weighted by molar-refractivity contribution is 6.20. The summed E-state index contributed by atoms with van der Waals surface area (Å²) < 4.78 is 18.6. The zero-order valence-electron chi connectivity index (χ0n) is 18.7. The van der Waals surface area contributed by atoms with Gasteiger partial charge >= 0.3 is 0 Å². The summed E-state index contributed by atoms with van der Waals surface area (Å²) >= 11 is 12.3. The Morgan fingerprint density at radius 3 is 1.35 bits per heavy atom. The standard InChI is InChI=1S/C26H36Cl2O3/c1-21(27)11-9-17-25(29-19-23-13-5-3-6-14-23)31-26(18-10-12-22(2)28)30-20-24-15-7-4-8-16-24/h3-8,13-16,21-22,25-26H,9-12,17-20H2,1-2H3. The van der Waals surface area contributed by atoms with Crippen molar-refractivity contribution in [1.82, 2.24) is 0 Å². The van der Waals surface area contributed by atoms with Crippen molar-refractivity contribution in [3.63, 3.8) is 0 Å². The molecule has 0 saturated heterocycles. The summed E-state index contributed by atoms with van der Waals surface area (Å²) in [5.41, 5.74) is 2.25. The van der Waals surface area contributed by atoms with Crippen LogP contribution in [0.5, 0.6) is 0 Å². The maximum absolute atomic E-state index is 6.33. The van der Waals surface area contributed by atoms with Crippen LogP contribution in [0.1, 0.15) is 63.5 Å². The molecular weight excluding hydrogens is 431 g/mol. The fourth-order valence-corrected chi connectivity index (χ4v) is 3.52. The lowest BCUT2D eigenvalue weighted by molar-refractivity contribution is -0.256. The van der Waals surface area contributed by atoms with E-state index >= 15 is 0 Å². The van der Waals surface area contributed by atoms with E-state index in [-0.39, 0.29) is 23.3 Å². The van der Waals surface area contributed by atoms with Crippen LogP contribution < -0.4 is 0 Å². The second-order valence-corrected chi connectivity index (χ2v) is 9.50. The fraction of sp³-hybridized carbons (Fsp3) is 0.538. The maximum atomic E-state index is 6.33. The van der Waals surface area contributed by atoms with Gasteiger partial charge in [-0.2, -0.15) is 0 Å². The van der Waals surface area contributed by atoms with Crippen molar-refractivity contribution in [2.24, 2.45) is 0 Å². The quantitative estimate of drug-likeness (QED) is 0.187. The molecule has 0 fully saturated rings. The van der Waals surface area contributed by atoms with Gasteiger partial charge in [-0.25, -0.2) is 0 Å². The first-order valence-corrected chi connectivity index (χ1v) is 12.1. The van der Waals surface area contributed by atoms with E-state index in [0.29, 0.717) is 13.2 Å². The number of halogens is 2. The summed E-state index contributed by atoms with van der Waals surface area (Å²) in [6.07, 6.45) is 4.60. The molecule has 0 spiro atoms. The number of rotatable bonds is 16. The lowest BCUT2D eigenvalue weighted by atomic mass is 10.2. The highest BCUT2D eigenvalue weighted by Gasteiger charge is 2.19. The van der Waals surface area contributed by atoms with E-state index in [4.69, 9.17) is 37.4 Å². The molecule has 31 heavy (non-hydrogen) atoms. The Kier molecular flexibility index (Phi) is 13.2. The molecule has 0 aliphatic carbocycles. The Morgan fingerprint density at radius 1 is 0.613 bits per heavy atom. The van der Waals surface area contributed by atoms with Gasteiger partial charge in [-0.3, -0.25) is 0 Å². The van der Waals surface area contributed by atoms with Crippen molar-refractivity contribution in [2.45, 2.75) is 88.9 Å². The minimum atomic E-state index is -0.343. The smallest absolute Gasteiger partial charge is 0.161 e. The van der Waals surface area contributed by atoms with Crippen LogP contribution in [0, 0.1) is 0 Å². The molecular formula is C26H36Cl2O3. The summed E-state index contributed by atoms with van der Waals surface area (Å²) in [7, 11) is 0. The fourth-order valence-electron chi connectivity index (χ4n) is 3.21. The first-order valence-electron chi connectivity index (χ1n) is 11.3. The minimum absolute atomic E-state index is 0.144. The van der Waals surface area contributed by atoms with Crippen molar-refractivity contribution in [2.75, 3.05) is 0 Å². The highest BCUT2D eigenvalue weighted by atomic mass is 35.5. The lowest BCUT2D eigenvalue weighted by Crippen LogP contribution is -2.27. The Morgan fingerprint density at radius 2 is 1.00 bits per heavy atom.